The van der Waals surface area contributed by atoms with Crippen LogP contribution in [0.25, 0.3) is 0 Å². The predicted octanol–water partition coefficient (Wildman–Crippen LogP) is 4.32. The van der Waals surface area contributed by atoms with Crippen LogP contribution in [-0.2, 0) is 4.74 Å². The number of alkyl carbamates (subject to hydrolysis) is 1. The molecule has 0 unspecified atom stereocenters. The lowest BCUT2D eigenvalue weighted by molar-refractivity contribution is 0.132. The summed E-state index contributed by atoms with van der Waals surface area (Å²) in [5, 5.41) is 2.90. The van der Waals surface area contributed by atoms with Crippen LogP contribution in [0.1, 0.15) is 40.1 Å². The predicted molar refractivity (Wildman–Crippen MR) is 109 cm³/mol. The summed E-state index contributed by atoms with van der Waals surface area (Å²) in [6.45, 7) is 1.94. The van der Waals surface area contributed by atoms with Crippen molar-refractivity contribution in [1.29, 1.82) is 0 Å². The third-order valence-electron chi connectivity index (χ3n) is 4.74. The lowest BCUT2D eigenvalue weighted by atomic mass is 9.95. The molecule has 0 bridgehead atoms. The smallest absolute Gasteiger partial charge is 0.408 e. The van der Waals surface area contributed by atoms with Crippen molar-refractivity contribution in [1.82, 2.24) is 10.3 Å². The van der Waals surface area contributed by atoms with Crippen LogP contribution in [0.15, 0.2) is 66.9 Å². The molecule has 144 valence electrons. The van der Waals surface area contributed by atoms with E-state index in [1.54, 1.807) is 13.3 Å². The maximum absolute atomic E-state index is 12.0. The number of ether oxygens (including phenoxy) is 2. The van der Waals surface area contributed by atoms with Crippen molar-refractivity contribution < 1.29 is 14.3 Å². The van der Waals surface area contributed by atoms with Gasteiger partial charge in [0.25, 0.3) is 0 Å². The Morgan fingerprint density at radius 3 is 2.59 bits per heavy atom. The molecule has 0 radical (unpaired) electrons. The number of hydrogen-bond donors (Lipinski definition) is 1. The van der Waals surface area contributed by atoms with Crippen molar-refractivity contribution in [2.24, 2.45) is 0 Å². The van der Waals surface area contributed by atoms with Crippen molar-refractivity contribution in [3.05, 3.63) is 94.8 Å². The number of aryl methyl sites for hydroxylation is 1. The zero-order valence-electron chi connectivity index (χ0n) is 16.2. The summed E-state index contributed by atoms with van der Waals surface area (Å²) in [7, 11) is 1.61. The second kappa shape index (κ2) is 8.07. The zero-order chi connectivity index (χ0) is 20.2. The van der Waals surface area contributed by atoms with E-state index in [-0.39, 0.29) is 6.04 Å². The molecule has 1 aliphatic rings. The Hall–Kier alpha value is -3.78. The number of carbonyl (C=O) groups is 1. The quantitative estimate of drug-likeness (QED) is 0.683. The fourth-order valence-electron chi connectivity index (χ4n) is 3.25. The van der Waals surface area contributed by atoms with Gasteiger partial charge in [-0.2, -0.15) is 0 Å². The minimum absolute atomic E-state index is 0.308. The summed E-state index contributed by atoms with van der Waals surface area (Å²) in [5.74, 6) is 7.01. The van der Waals surface area contributed by atoms with E-state index in [1.807, 2.05) is 67.6 Å². The minimum Gasteiger partial charge on any atom is -0.497 e. The summed E-state index contributed by atoms with van der Waals surface area (Å²) >= 11 is 0. The van der Waals surface area contributed by atoms with Crippen molar-refractivity contribution in [2.75, 3.05) is 7.11 Å². The highest BCUT2D eigenvalue weighted by molar-refractivity contribution is 5.71. The molecule has 5 heteroatoms. The summed E-state index contributed by atoms with van der Waals surface area (Å²) in [5.41, 5.74) is 4.46. The minimum atomic E-state index is -0.442. The highest BCUT2D eigenvalue weighted by atomic mass is 16.6. The number of nitrogens with zero attached hydrogens (tertiary/aromatic N) is 1. The van der Waals surface area contributed by atoms with E-state index < -0.39 is 12.2 Å². The van der Waals surface area contributed by atoms with E-state index in [2.05, 4.69) is 22.1 Å². The number of hydrogen-bond acceptors (Lipinski definition) is 4. The van der Waals surface area contributed by atoms with Crippen molar-refractivity contribution in [3.63, 3.8) is 0 Å². The molecule has 2 aromatic carbocycles. The normalized spacial score (nSPS) is 17.7. The molecule has 1 aromatic heterocycles. The Morgan fingerprint density at radius 1 is 1.00 bits per heavy atom. The second-order valence-electron chi connectivity index (χ2n) is 6.79. The van der Waals surface area contributed by atoms with Crippen LogP contribution in [0.3, 0.4) is 0 Å². The van der Waals surface area contributed by atoms with Gasteiger partial charge in [0, 0.05) is 23.0 Å². The molecule has 2 atom stereocenters. The number of aromatic nitrogens is 1. The van der Waals surface area contributed by atoms with E-state index >= 15 is 0 Å². The van der Waals surface area contributed by atoms with Gasteiger partial charge in [-0.25, -0.2) is 4.79 Å². The fourth-order valence-corrected chi connectivity index (χ4v) is 3.25. The molecule has 29 heavy (non-hydrogen) atoms. The van der Waals surface area contributed by atoms with E-state index in [0.717, 1.165) is 33.7 Å². The number of cyclic esters (lactones) is 1. The summed E-state index contributed by atoms with van der Waals surface area (Å²) in [6, 6.07) is 18.9. The first-order valence-electron chi connectivity index (χ1n) is 9.28. The van der Waals surface area contributed by atoms with Crippen molar-refractivity contribution >= 4 is 6.09 Å². The number of benzene rings is 2. The maximum atomic E-state index is 12.0. The number of carbonyl (C=O) groups excluding carboxylic acids is 1. The van der Waals surface area contributed by atoms with E-state index in [9.17, 15) is 4.79 Å². The Bertz CT molecular complexity index is 1100. The summed E-state index contributed by atoms with van der Waals surface area (Å²) < 4.78 is 10.8. The Labute approximate surface area is 169 Å². The Morgan fingerprint density at radius 2 is 1.79 bits per heavy atom. The van der Waals surface area contributed by atoms with Gasteiger partial charge in [0.2, 0.25) is 0 Å². The first-order valence-corrected chi connectivity index (χ1v) is 9.28. The van der Waals surface area contributed by atoms with Crippen LogP contribution >= 0.6 is 0 Å². The lowest BCUT2D eigenvalue weighted by Gasteiger charge is -2.18. The van der Waals surface area contributed by atoms with E-state index in [1.165, 1.54) is 0 Å². The molecule has 1 fully saturated rings. The number of pyridine rings is 1. The number of methoxy groups -OCH3 is 1. The highest BCUT2D eigenvalue weighted by Crippen LogP contribution is 2.37. The molecule has 0 spiro atoms. The monoisotopic (exact) mass is 384 g/mol. The molecule has 1 N–H and O–H groups in total. The van der Waals surface area contributed by atoms with Gasteiger partial charge in [0.05, 0.1) is 13.2 Å². The summed E-state index contributed by atoms with van der Waals surface area (Å²) in [6.07, 6.45) is 0.878. The molecular formula is C24H20N2O3. The maximum Gasteiger partial charge on any atom is 0.408 e. The molecule has 1 amide bonds. The molecular weight excluding hydrogens is 364 g/mol. The molecule has 5 nitrogen and oxygen atoms in total. The average Bonchev–Trinajstić information content (AvgIpc) is 3.15. The third kappa shape index (κ3) is 4.22. The van der Waals surface area contributed by atoms with Gasteiger partial charge in [-0.3, -0.25) is 4.98 Å². The molecule has 4 rings (SSSR count). The third-order valence-corrected chi connectivity index (χ3v) is 4.74. The average molecular weight is 384 g/mol. The van der Waals surface area contributed by atoms with Crippen molar-refractivity contribution in [2.45, 2.75) is 19.1 Å². The SMILES string of the molecule is COc1cccc([C@H]2OC(=O)N[C@@H]2c2cccc(C#Cc3ccc(C)nc3)c2)c1. The largest absolute Gasteiger partial charge is 0.497 e. The zero-order valence-corrected chi connectivity index (χ0v) is 16.2. The lowest BCUT2D eigenvalue weighted by Crippen LogP contribution is -2.19. The molecule has 2 heterocycles. The fraction of sp³-hybridized carbons (Fsp3) is 0.167. The molecule has 1 aliphatic heterocycles. The van der Waals surface area contributed by atoms with Gasteiger partial charge in [0.1, 0.15) is 5.75 Å². The number of amides is 1. The second-order valence-corrected chi connectivity index (χ2v) is 6.79. The van der Waals surface area contributed by atoms with Gasteiger partial charge >= 0.3 is 6.09 Å². The van der Waals surface area contributed by atoms with Crippen LogP contribution in [0.5, 0.6) is 5.75 Å². The van der Waals surface area contributed by atoms with Gasteiger partial charge < -0.3 is 14.8 Å². The highest BCUT2D eigenvalue weighted by Gasteiger charge is 2.36. The van der Waals surface area contributed by atoms with Crippen LogP contribution in [0, 0.1) is 18.8 Å². The summed E-state index contributed by atoms with van der Waals surface area (Å²) in [4.78, 5) is 16.2. The Kier molecular flexibility index (Phi) is 5.17. The number of rotatable bonds is 3. The number of nitrogens with one attached hydrogen (secondary N) is 1. The van der Waals surface area contributed by atoms with Crippen LogP contribution in [0.2, 0.25) is 0 Å². The Balaban J connectivity index is 1.62. The van der Waals surface area contributed by atoms with Gasteiger partial charge in [0.15, 0.2) is 6.10 Å². The molecule has 0 saturated carbocycles. The molecule has 0 aliphatic carbocycles. The van der Waals surface area contributed by atoms with E-state index in [4.69, 9.17) is 9.47 Å². The van der Waals surface area contributed by atoms with E-state index in [0.29, 0.717) is 0 Å². The molecule has 1 saturated heterocycles. The van der Waals surface area contributed by atoms with Crippen molar-refractivity contribution in [3.8, 4) is 17.6 Å². The van der Waals surface area contributed by atoms with Gasteiger partial charge in [-0.1, -0.05) is 36.1 Å². The van der Waals surface area contributed by atoms with Gasteiger partial charge in [-0.05, 0) is 54.4 Å². The molecule has 3 aromatic rings. The van der Waals surface area contributed by atoms with Crippen LogP contribution in [0.4, 0.5) is 4.79 Å². The standard InChI is InChI=1S/C24H20N2O3/c1-16-9-10-18(15-25-16)12-11-17-5-3-6-19(13-17)22-23(29-24(27)26-22)20-7-4-8-21(14-20)28-2/h3-10,13-15,22-23H,1-2H3,(H,26,27)/t22-,23-/m1/s1. The van der Waals surface area contributed by atoms with Crippen LogP contribution < -0.4 is 10.1 Å². The first kappa shape index (κ1) is 18.6. The van der Waals surface area contributed by atoms with Gasteiger partial charge in [-0.15, -0.1) is 0 Å². The topological polar surface area (TPSA) is 60.5 Å². The van der Waals surface area contributed by atoms with Crippen LogP contribution in [-0.4, -0.2) is 18.2 Å². The first-order chi connectivity index (χ1) is 14.1.